The molecule has 0 aliphatic heterocycles. The normalized spacial score (nSPS) is 13.3. The zero-order chi connectivity index (χ0) is 16.7. The van der Waals surface area contributed by atoms with Crippen LogP contribution in [-0.2, 0) is 0 Å². The zero-order valence-electron chi connectivity index (χ0n) is 13.3. The van der Waals surface area contributed by atoms with Gasteiger partial charge in [0.25, 0.3) is 5.91 Å². The lowest BCUT2D eigenvalue weighted by molar-refractivity contribution is 0.0975. The Bertz CT molecular complexity index is 963. The van der Waals surface area contributed by atoms with E-state index >= 15 is 0 Å². The number of guanidine groups is 1. The number of rotatable bonds is 3. The van der Waals surface area contributed by atoms with E-state index in [1.165, 1.54) is 0 Å². The largest absolute Gasteiger partial charge is 0.370 e. The van der Waals surface area contributed by atoms with Crippen molar-refractivity contribution in [3.63, 3.8) is 0 Å². The zero-order valence-corrected chi connectivity index (χ0v) is 14.1. The Kier molecular flexibility index (Phi) is 4.41. The van der Waals surface area contributed by atoms with Crippen molar-refractivity contribution in [2.24, 2.45) is 5.73 Å². The first-order valence-electron chi connectivity index (χ1n) is 7.72. The van der Waals surface area contributed by atoms with Gasteiger partial charge in [-0.15, -0.1) is 12.4 Å². The van der Waals surface area contributed by atoms with Crippen LogP contribution >= 0.6 is 12.4 Å². The van der Waals surface area contributed by atoms with Gasteiger partial charge in [-0.3, -0.25) is 20.5 Å². The molecule has 0 atom stereocenters. The second-order valence-electron chi connectivity index (χ2n) is 5.88. The van der Waals surface area contributed by atoms with Crippen molar-refractivity contribution >= 4 is 35.2 Å². The molecular formula is C17H17ClN6O. The van der Waals surface area contributed by atoms with Gasteiger partial charge in [0.05, 0.1) is 28.7 Å². The highest BCUT2D eigenvalue weighted by molar-refractivity contribution is 6.05. The van der Waals surface area contributed by atoms with Gasteiger partial charge in [-0.1, -0.05) is 6.07 Å². The summed E-state index contributed by atoms with van der Waals surface area (Å²) in [4.78, 5) is 16.6. The summed E-state index contributed by atoms with van der Waals surface area (Å²) in [5, 5.41) is 15.0. The number of nitrogens with one attached hydrogen (secondary N) is 2. The molecule has 8 heteroatoms. The molecule has 0 saturated heterocycles. The van der Waals surface area contributed by atoms with Crippen molar-refractivity contribution in [1.29, 1.82) is 5.41 Å². The molecule has 0 bridgehead atoms. The number of hydrogen-bond donors (Lipinski definition) is 3. The average Bonchev–Trinajstić information content (AvgIpc) is 3.31. The van der Waals surface area contributed by atoms with E-state index < -0.39 is 5.91 Å². The molecule has 0 radical (unpaired) electrons. The number of pyridine rings is 1. The smallest absolute Gasteiger partial charge is 0.261 e. The van der Waals surface area contributed by atoms with Gasteiger partial charge in [0.1, 0.15) is 0 Å². The molecule has 1 saturated carbocycles. The molecule has 1 fully saturated rings. The van der Waals surface area contributed by atoms with E-state index in [9.17, 15) is 4.79 Å². The minimum Gasteiger partial charge on any atom is -0.370 e. The van der Waals surface area contributed by atoms with Crippen LogP contribution in [0.25, 0.3) is 16.6 Å². The van der Waals surface area contributed by atoms with E-state index in [0.29, 0.717) is 11.5 Å². The Labute approximate surface area is 150 Å². The molecule has 2 aromatic heterocycles. The number of aromatic nitrogens is 3. The second-order valence-corrected chi connectivity index (χ2v) is 5.88. The Morgan fingerprint density at radius 3 is 2.84 bits per heavy atom. The lowest BCUT2D eigenvalue weighted by atomic mass is 10.1. The fourth-order valence-electron chi connectivity index (χ4n) is 2.87. The summed E-state index contributed by atoms with van der Waals surface area (Å²) < 4.78 is 1.80. The number of hydrogen-bond acceptors (Lipinski definition) is 4. The van der Waals surface area contributed by atoms with Gasteiger partial charge in [-0.2, -0.15) is 5.10 Å². The standard InChI is InChI=1S/C17H16N6O.ClH/c18-17(19)22-16(24)13-9-21-23(15(13)10-3-4-10)12-5-6-14-11(8-12)2-1-7-20-14;/h1-2,5-10H,3-4H2,(H4,18,19,22,24);1H. The molecule has 1 aromatic carbocycles. The predicted octanol–water partition coefficient (Wildman–Crippen LogP) is 2.34. The summed E-state index contributed by atoms with van der Waals surface area (Å²) in [6, 6.07) is 9.78. The van der Waals surface area contributed by atoms with Gasteiger partial charge in [-0.25, -0.2) is 4.68 Å². The van der Waals surface area contributed by atoms with Crippen molar-refractivity contribution in [2.75, 3.05) is 0 Å². The number of amides is 1. The maximum atomic E-state index is 12.3. The van der Waals surface area contributed by atoms with Crippen molar-refractivity contribution < 1.29 is 4.79 Å². The molecule has 4 N–H and O–H groups in total. The lowest BCUT2D eigenvalue weighted by Gasteiger charge is -2.10. The molecule has 1 aliphatic rings. The fraction of sp³-hybridized carbons (Fsp3) is 0.176. The number of carbonyl (C=O) groups is 1. The number of nitrogens with two attached hydrogens (primary N) is 1. The summed E-state index contributed by atoms with van der Waals surface area (Å²) in [5.74, 6) is -0.450. The Morgan fingerprint density at radius 2 is 2.12 bits per heavy atom. The van der Waals surface area contributed by atoms with Gasteiger partial charge in [0, 0.05) is 17.5 Å². The summed E-state index contributed by atoms with van der Waals surface area (Å²) in [6.45, 7) is 0. The number of fused-ring (bicyclic) bond motifs is 1. The van der Waals surface area contributed by atoms with E-state index in [-0.39, 0.29) is 18.4 Å². The van der Waals surface area contributed by atoms with Crippen LogP contribution in [0, 0.1) is 5.41 Å². The first-order valence-corrected chi connectivity index (χ1v) is 7.72. The third kappa shape index (κ3) is 3.18. The average molecular weight is 357 g/mol. The summed E-state index contributed by atoms with van der Waals surface area (Å²) in [7, 11) is 0. The number of benzene rings is 1. The highest BCUT2D eigenvalue weighted by Gasteiger charge is 2.33. The molecule has 1 aliphatic carbocycles. The molecule has 2 heterocycles. The molecule has 4 rings (SSSR count). The van der Waals surface area contributed by atoms with E-state index in [2.05, 4.69) is 15.4 Å². The van der Waals surface area contributed by atoms with Gasteiger partial charge in [0.15, 0.2) is 5.96 Å². The van der Waals surface area contributed by atoms with Crippen LogP contribution in [0.15, 0.2) is 42.7 Å². The third-order valence-corrected chi connectivity index (χ3v) is 4.09. The Morgan fingerprint density at radius 1 is 1.32 bits per heavy atom. The second kappa shape index (κ2) is 6.52. The van der Waals surface area contributed by atoms with Gasteiger partial charge in [0.2, 0.25) is 0 Å². The first-order chi connectivity index (χ1) is 11.6. The van der Waals surface area contributed by atoms with Crippen LogP contribution in [-0.4, -0.2) is 26.6 Å². The third-order valence-electron chi connectivity index (χ3n) is 4.09. The lowest BCUT2D eigenvalue weighted by Crippen LogP contribution is -2.36. The molecule has 0 spiro atoms. The SMILES string of the molecule is Cl.N=C(N)NC(=O)c1cnn(-c2ccc3ncccc3c2)c1C1CC1. The van der Waals surface area contributed by atoms with Crippen LogP contribution < -0.4 is 11.1 Å². The number of carbonyl (C=O) groups excluding carboxylic acids is 1. The molecule has 1 amide bonds. The minimum absolute atomic E-state index is 0. The first kappa shape index (κ1) is 16.9. The van der Waals surface area contributed by atoms with Crippen molar-refractivity contribution in [3.05, 3.63) is 54.0 Å². The van der Waals surface area contributed by atoms with E-state index in [1.54, 1.807) is 17.1 Å². The topological polar surface area (TPSA) is 110 Å². The van der Waals surface area contributed by atoms with Gasteiger partial charge in [-0.05, 0) is 37.1 Å². The van der Waals surface area contributed by atoms with Gasteiger partial charge >= 0.3 is 0 Å². The van der Waals surface area contributed by atoms with Crippen LogP contribution in [0.1, 0.15) is 34.8 Å². The van der Waals surface area contributed by atoms with E-state index in [0.717, 1.165) is 35.1 Å². The Balaban J connectivity index is 0.00000182. The van der Waals surface area contributed by atoms with Crippen LogP contribution in [0.4, 0.5) is 0 Å². The van der Waals surface area contributed by atoms with Crippen LogP contribution in [0.2, 0.25) is 0 Å². The predicted molar refractivity (Wildman–Crippen MR) is 97.5 cm³/mol. The maximum Gasteiger partial charge on any atom is 0.261 e. The van der Waals surface area contributed by atoms with E-state index in [4.69, 9.17) is 11.1 Å². The summed E-state index contributed by atoms with van der Waals surface area (Å²) in [5.41, 5.74) is 8.41. The molecule has 0 unspecified atom stereocenters. The van der Waals surface area contributed by atoms with E-state index in [1.807, 2.05) is 30.3 Å². The quantitative estimate of drug-likeness (QED) is 0.494. The van der Waals surface area contributed by atoms with Crippen molar-refractivity contribution in [1.82, 2.24) is 20.1 Å². The van der Waals surface area contributed by atoms with Crippen molar-refractivity contribution in [3.8, 4) is 5.69 Å². The Hall–Kier alpha value is -2.93. The molecule has 3 aromatic rings. The summed E-state index contributed by atoms with van der Waals surface area (Å²) in [6.07, 6.45) is 5.36. The highest BCUT2D eigenvalue weighted by Crippen LogP contribution is 2.42. The fourth-order valence-corrected chi connectivity index (χ4v) is 2.87. The number of nitrogens with zero attached hydrogens (tertiary/aromatic N) is 3. The summed E-state index contributed by atoms with van der Waals surface area (Å²) >= 11 is 0. The van der Waals surface area contributed by atoms with Crippen LogP contribution in [0.3, 0.4) is 0 Å². The number of halogens is 1. The molecule has 25 heavy (non-hydrogen) atoms. The monoisotopic (exact) mass is 356 g/mol. The van der Waals surface area contributed by atoms with Crippen LogP contribution in [0.5, 0.6) is 0 Å². The van der Waals surface area contributed by atoms with Gasteiger partial charge < -0.3 is 5.73 Å². The molecular weight excluding hydrogens is 340 g/mol. The maximum absolute atomic E-state index is 12.3. The molecule has 128 valence electrons. The minimum atomic E-state index is -0.391. The van der Waals surface area contributed by atoms with Crippen molar-refractivity contribution in [2.45, 2.75) is 18.8 Å². The highest BCUT2D eigenvalue weighted by atomic mass is 35.5. The molecule has 7 nitrogen and oxygen atoms in total.